The fourth-order valence-corrected chi connectivity index (χ4v) is 3.58. The van der Waals surface area contributed by atoms with E-state index in [2.05, 4.69) is 5.10 Å². The molecular formula is C16H23N3O2. The van der Waals surface area contributed by atoms with E-state index in [-0.39, 0.29) is 11.8 Å². The third kappa shape index (κ3) is 2.88. The van der Waals surface area contributed by atoms with Gasteiger partial charge in [-0.3, -0.25) is 9.48 Å². The third-order valence-corrected chi connectivity index (χ3v) is 4.99. The molecule has 1 aliphatic heterocycles. The molecule has 2 fully saturated rings. The van der Waals surface area contributed by atoms with Crippen LogP contribution in [0.5, 0.6) is 0 Å². The zero-order valence-electron chi connectivity index (χ0n) is 12.5. The highest BCUT2D eigenvalue weighted by Crippen LogP contribution is 2.39. The summed E-state index contributed by atoms with van der Waals surface area (Å²) in [5.74, 6) is 0.276. The molecule has 1 aliphatic carbocycles. The van der Waals surface area contributed by atoms with Crippen molar-refractivity contribution in [1.29, 1.82) is 0 Å². The number of amides is 1. The first-order valence-electron chi connectivity index (χ1n) is 7.76. The lowest BCUT2D eigenvalue weighted by molar-refractivity contribution is -0.138. The van der Waals surface area contributed by atoms with Crippen LogP contribution >= 0.6 is 0 Å². The minimum atomic E-state index is -0.527. The molecule has 2 aliphatic rings. The number of aliphatic hydroxyl groups is 1. The van der Waals surface area contributed by atoms with Crippen molar-refractivity contribution in [2.75, 3.05) is 13.1 Å². The first kappa shape index (κ1) is 14.3. The van der Waals surface area contributed by atoms with E-state index in [4.69, 9.17) is 0 Å². The Bertz CT molecular complexity index is 551. The summed E-state index contributed by atoms with van der Waals surface area (Å²) in [4.78, 5) is 14.2. The fourth-order valence-electron chi connectivity index (χ4n) is 3.58. The molecule has 1 N–H and O–H groups in total. The Hall–Kier alpha value is -1.62. The van der Waals surface area contributed by atoms with Crippen LogP contribution in [-0.4, -0.2) is 44.4 Å². The van der Waals surface area contributed by atoms with Gasteiger partial charge >= 0.3 is 0 Å². The van der Waals surface area contributed by atoms with Crippen LogP contribution in [-0.2, 0) is 11.8 Å². The lowest BCUT2D eigenvalue weighted by atomic mass is 9.71. The molecule has 2 heterocycles. The van der Waals surface area contributed by atoms with Crippen LogP contribution in [0.1, 0.15) is 37.8 Å². The van der Waals surface area contributed by atoms with Crippen LogP contribution < -0.4 is 0 Å². The van der Waals surface area contributed by atoms with Crippen molar-refractivity contribution < 1.29 is 9.90 Å². The molecule has 0 radical (unpaired) electrons. The summed E-state index contributed by atoms with van der Waals surface area (Å²) in [7, 11) is 1.85. The summed E-state index contributed by atoms with van der Waals surface area (Å²) < 4.78 is 1.74. The number of nitrogens with zero attached hydrogens (tertiary/aromatic N) is 3. The molecule has 2 atom stereocenters. The largest absolute Gasteiger partial charge is 0.389 e. The summed E-state index contributed by atoms with van der Waals surface area (Å²) in [6.45, 7) is 1.34. The molecule has 114 valence electrons. The van der Waals surface area contributed by atoms with Crippen molar-refractivity contribution in [3.05, 3.63) is 24.0 Å². The van der Waals surface area contributed by atoms with Gasteiger partial charge in [-0.2, -0.15) is 5.10 Å². The number of fused-ring (bicyclic) bond motifs is 1. The van der Waals surface area contributed by atoms with E-state index in [1.807, 2.05) is 18.0 Å². The van der Waals surface area contributed by atoms with Crippen molar-refractivity contribution in [2.24, 2.45) is 13.0 Å². The minimum Gasteiger partial charge on any atom is -0.389 e. The van der Waals surface area contributed by atoms with Gasteiger partial charge in [0.2, 0.25) is 5.91 Å². The molecule has 1 aromatic heterocycles. The smallest absolute Gasteiger partial charge is 0.246 e. The van der Waals surface area contributed by atoms with E-state index >= 15 is 0 Å². The highest BCUT2D eigenvalue weighted by Gasteiger charge is 2.43. The Morgan fingerprint density at radius 2 is 2.33 bits per heavy atom. The Morgan fingerprint density at radius 3 is 3.10 bits per heavy atom. The molecule has 0 aromatic carbocycles. The number of carbonyl (C=O) groups is 1. The molecule has 1 aromatic rings. The summed E-state index contributed by atoms with van der Waals surface area (Å²) in [6.07, 6.45) is 10.1. The molecule has 5 heteroatoms. The predicted octanol–water partition coefficient (Wildman–Crippen LogP) is 1.59. The van der Waals surface area contributed by atoms with Crippen molar-refractivity contribution in [1.82, 2.24) is 14.7 Å². The second-order valence-corrected chi connectivity index (χ2v) is 6.29. The van der Waals surface area contributed by atoms with E-state index in [9.17, 15) is 9.90 Å². The summed E-state index contributed by atoms with van der Waals surface area (Å²) in [6, 6.07) is 1.87. The Balaban J connectivity index is 1.64. The zero-order chi connectivity index (χ0) is 14.9. The van der Waals surface area contributed by atoms with E-state index in [1.54, 1.807) is 23.0 Å². The standard InChI is InChI=1S/C16H23N3O2/c1-18-14(7-10-17-18)5-6-15(20)19-11-9-16(21)8-3-2-4-13(16)12-19/h5-7,10,13,21H,2-4,8-9,11-12H2,1H3/b6-5+. The molecule has 0 bridgehead atoms. The van der Waals surface area contributed by atoms with Crippen LogP contribution in [0.3, 0.4) is 0 Å². The third-order valence-electron chi connectivity index (χ3n) is 4.99. The maximum absolute atomic E-state index is 12.3. The van der Waals surface area contributed by atoms with E-state index in [0.29, 0.717) is 19.5 Å². The van der Waals surface area contributed by atoms with Crippen molar-refractivity contribution in [2.45, 2.75) is 37.7 Å². The van der Waals surface area contributed by atoms with Gasteiger partial charge in [-0.1, -0.05) is 12.8 Å². The van der Waals surface area contributed by atoms with Crippen LogP contribution in [0.2, 0.25) is 0 Å². The number of rotatable bonds is 2. The minimum absolute atomic E-state index is 0.0313. The van der Waals surface area contributed by atoms with E-state index in [1.165, 1.54) is 6.42 Å². The molecule has 2 unspecified atom stereocenters. The molecule has 0 spiro atoms. The van der Waals surface area contributed by atoms with Gasteiger partial charge in [0.25, 0.3) is 0 Å². The quantitative estimate of drug-likeness (QED) is 0.841. The van der Waals surface area contributed by atoms with Gasteiger partial charge in [-0.25, -0.2) is 0 Å². The summed E-state index contributed by atoms with van der Waals surface area (Å²) in [5, 5.41) is 14.7. The molecule has 1 amide bonds. The van der Waals surface area contributed by atoms with Gasteiger partial charge in [-0.05, 0) is 31.4 Å². The van der Waals surface area contributed by atoms with Gasteiger partial charge in [-0.15, -0.1) is 0 Å². The average molecular weight is 289 g/mol. The average Bonchev–Trinajstić information content (AvgIpc) is 2.89. The molecular weight excluding hydrogens is 266 g/mol. The normalized spacial score (nSPS) is 29.6. The highest BCUT2D eigenvalue weighted by molar-refractivity contribution is 5.91. The van der Waals surface area contributed by atoms with E-state index < -0.39 is 5.60 Å². The summed E-state index contributed by atoms with van der Waals surface area (Å²) in [5.41, 5.74) is 0.385. The monoisotopic (exact) mass is 289 g/mol. The van der Waals surface area contributed by atoms with Crippen LogP contribution in [0.4, 0.5) is 0 Å². The number of aryl methyl sites for hydroxylation is 1. The topological polar surface area (TPSA) is 58.4 Å². The molecule has 1 saturated carbocycles. The number of likely N-dealkylation sites (tertiary alicyclic amines) is 1. The second-order valence-electron chi connectivity index (χ2n) is 6.29. The Labute approximate surface area is 125 Å². The Kier molecular flexibility index (Phi) is 3.85. The van der Waals surface area contributed by atoms with Gasteiger partial charge in [0, 0.05) is 38.3 Å². The first-order valence-corrected chi connectivity index (χ1v) is 7.76. The lowest BCUT2D eigenvalue weighted by Crippen LogP contribution is -2.54. The molecule has 1 saturated heterocycles. The Morgan fingerprint density at radius 1 is 1.48 bits per heavy atom. The number of hydrogen-bond acceptors (Lipinski definition) is 3. The molecule has 3 rings (SSSR count). The van der Waals surface area contributed by atoms with Crippen LogP contribution in [0.25, 0.3) is 6.08 Å². The maximum atomic E-state index is 12.3. The zero-order valence-corrected chi connectivity index (χ0v) is 12.5. The fraction of sp³-hybridized carbons (Fsp3) is 0.625. The SMILES string of the molecule is Cn1nccc1/C=C/C(=O)N1CCC2(O)CCCCC2C1. The lowest BCUT2D eigenvalue weighted by Gasteiger charge is -2.47. The highest BCUT2D eigenvalue weighted by atomic mass is 16.3. The number of piperidine rings is 1. The van der Waals surface area contributed by atoms with Gasteiger partial charge in [0.15, 0.2) is 0 Å². The van der Waals surface area contributed by atoms with E-state index in [0.717, 1.165) is 25.0 Å². The van der Waals surface area contributed by atoms with Crippen LogP contribution in [0.15, 0.2) is 18.3 Å². The van der Waals surface area contributed by atoms with Gasteiger partial charge in [0.1, 0.15) is 0 Å². The van der Waals surface area contributed by atoms with Gasteiger partial charge < -0.3 is 10.0 Å². The maximum Gasteiger partial charge on any atom is 0.246 e. The second kappa shape index (κ2) is 5.64. The predicted molar refractivity (Wildman–Crippen MR) is 80.3 cm³/mol. The molecule has 5 nitrogen and oxygen atoms in total. The number of carbonyl (C=O) groups excluding carboxylic acids is 1. The van der Waals surface area contributed by atoms with Crippen molar-refractivity contribution in [3.63, 3.8) is 0 Å². The van der Waals surface area contributed by atoms with Crippen molar-refractivity contribution in [3.8, 4) is 0 Å². The van der Waals surface area contributed by atoms with Crippen molar-refractivity contribution >= 4 is 12.0 Å². The van der Waals surface area contributed by atoms with Crippen LogP contribution in [0, 0.1) is 5.92 Å². The molecule has 21 heavy (non-hydrogen) atoms. The van der Waals surface area contributed by atoms with Gasteiger partial charge in [0.05, 0.1) is 11.3 Å². The number of aromatic nitrogens is 2. The number of hydrogen-bond donors (Lipinski definition) is 1. The summed E-state index contributed by atoms with van der Waals surface area (Å²) >= 11 is 0. The first-order chi connectivity index (χ1) is 10.1.